The summed E-state index contributed by atoms with van der Waals surface area (Å²) in [6.07, 6.45) is 3.82. The smallest absolute Gasteiger partial charge is 0.308 e. The van der Waals surface area contributed by atoms with Crippen LogP contribution in [0.4, 0.5) is 11.8 Å². The molecule has 0 saturated carbocycles. The van der Waals surface area contributed by atoms with Crippen molar-refractivity contribution >= 4 is 23.7 Å². The first-order chi connectivity index (χ1) is 17.6. The van der Waals surface area contributed by atoms with E-state index < -0.39 is 5.60 Å². The minimum atomic E-state index is -0.568. The number of nitrogens with one attached hydrogen (secondary N) is 1. The Balaban J connectivity index is 2.46. The fourth-order valence-corrected chi connectivity index (χ4v) is 4.01. The fraction of sp³-hybridized carbons (Fsp3) is 0.571. The first-order valence-electron chi connectivity index (χ1n) is 13.0. The summed E-state index contributed by atoms with van der Waals surface area (Å²) in [5.74, 6) is 0.789. The number of aryl methyl sites for hydroxylation is 1. The van der Waals surface area contributed by atoms with Crippen LogP contribution < -0.4 is 15.8 Å². The number of hydrogen-bond acceptors (Lipinski definition) is 9. The number of hydrogen-bond donors (Lipinski definition) is 2. The average Bonchev–Trinajstić information content (AvgIpc) is 2.82. The van der Waals surface area contributed by atoms with E-state index in [1.54, 1.807) is 14.0 Å². The van der Waals surface area contributed by atoms with Crippen molar-refractivity contribution in [3.63, 3.8) is 0 Å². The Morgan fingerprint density at radius 1 is 1.11 bits per heavy atom. The van der Waals surface area contributed by atoms with E-state index in [1.165, 1.54) is 0 Å². The van der Waals surface area contributed by atoms with Gasteiger partial charge in [-0.25, -0.2) is 4.98 Å². The molecule has 3 N–H and O–H groups in total. The van der Waals surface area contributed by atoms with Crippen molar-refractivity contribution in [1.29, 1.82) is 0 Å². The molecule has 1 unspecified atom stereocenters. The highest BCUT2D eigenvalue weighted by Crippen LogP contribution is 2.29. The van der Waals surface area contributed by atoms with E-state index in [9.17, 15) is 9.59 Å². The summed E-state index contributed by atoms with van der Waals surface area (Å²) in [5, 5.41) is 3.46. The number of aromatic nitrogens is 2. The third-order valence-corrected chi connectivity index (χ3v) is 5.62. The van der Waals surface area contributed by atoms with Crippen LogP contribution in [0.1, 0.15) is 83.5 Å². The Morgan fingerprint density at radius 2 is 1.84 bits per heavy atom. The van der Waals surface area contributed by atoms with Crippen LogP contribution in [-0.4, -0.2) is 47.3 Å². The molecule has 9 heteroatoms. The topological polar surface area (TPSA) is 126 Å². The van der Waals surface area contributed by atoms with Gasteiger partial charge in [-0.1, -0.05) is 38.0 Å². The van der Waals surface area contributed by atoms with Gasteiger partial charge in [-0.2, -0.15) is 4.98 Å². The summed E-state index contributed by atoms with van der Waals surface area (Å²) >= 11 is 0. The van der Waals surface area contributed by atoms with Crippen molar-refractivity contribution in [2.75, 3.05) is 24.8 Å². The number of carbonyl (C=O) groups excluding carboxylic acids is 2. The lowest BCUT2D eigenvalue weighted by atomic mass is 9.99. The van der Waals surface area contributed by atoms with E-state index in [-0.39, 0.29) is 36.8 Å². The Bertz CT molecular complexity index is 1040. The average molecular weight is 515 g/mol. The van der Waals surface area contributed by atoms with Crippen LogP contribution in [0.5, 0.6) is 5.75 Å². The molecule has 0 saturated heterocycles. The molecule has 1 aromatic heterocycles. The zero-order valence-corrected chi connectivity index (χ0v) is 23.1. The minimum Gasteiger partial charge on any atom is -0.496 e. The lowest BCUT2D eigenvalue weighted by Crippen LogP contribution is -2.30. The van der Waals surface area contributed by atoms with Gasteiger partial charge in [-0.3, -0.25) is 9.59 Å². The van der Waals surface area contributed by atoms with Gasteiger partial charge in [0.25, 0.3) is 0 Å². The number of anilines is 2. The first kappa shape index (κ1) is 29.9. The lowest BCUT2D eigenvalue weighted by molar-refractivity contribution is -0.155. The number of nitrogens with two attached hydrogens (primary N) is 1. The summed E-state index contributed by atoms with van der Waals surface area (Å²) in [6, 6.07) is 7.51. The van der Waals surface area contributed by atoms with Crippen molar-refractivity contribution in [1.82, 2.24) is 9.97 Å². The van der Waals surface area contributed by atoms with Crippen molar-refractivity contribution in [3.8, 4) is 5.75 Å². The van der Waals surface area contributed by atoms with Crippen LogP contribution in [-0.2, 0) is 31.9 Å². The summed E-state index contributed by atoms with van der Waals surface area (Å²) in [6.45, 7) is 9.75. The van der Waals surface area contributed by atoms with E-state index in [2.05, 4.69) is 22.2 Å². The monoisotopic (exact) mass is 514 g/mol. The molecule has 0 spiro atoms. The van der Waals surface area contributed by atoms with Crippen LogP contribution >= 0.6 is 0 Å². The Kier molecular flexibility index (Phi) is 11.6. The van der Waals surface area contributed by atoms with Crippen molar-refractivity contribution in [2.24, 2.45) is 0 Å². The summed E-state index contributed by atoms with van der Waals surface area (Å²) < 4.78 is 16.2. The van der Waals surface area contributed by atoms with E-state index in [0.717, 1.165) is 36.1 Å². The van der Waals surface area contributed by atoms with Gasteiger partial charge < -0.3 is 25.3 Å². The summed E-state index contributed by atoms with van der Waals surface area (Å²) in [4.78, 5) is 33.8. The highest BCUT2D eigenvalue weighted by atomic mass is 16.6. The van der Waals surface area contributed by atoms with Gasteiger partial charge in [0.2, 0.25) is 5.95 Å². The fourth-order valence-electron chi connectivity index (χ4n) is 4.01. The number of nitrogens with zero attached hydrogens (tertiary/aromatic N) is 2. The number of carbonyl (C=O) groups is 2. The van der Waals surface area contributed by atoms with Gasteiger partial charge >= 0.3 is 11.9 Å². The Morgan fingerprint density at radius 3 is 2.49 bits per heavy atom. The van der Waals surface area contributed by atoms with Gasteiger partial charge in [0.05, 0.1) is 32.3 Å². The van der Waals surface area contributed by atoms with E-state index >= 15 is 0 Å². The summed E-state index contributed by atoms with van der Waals surface area (Å²) in [5.41, 5.74) is 7.93. The number of esters is 2. The standard InChI is InChI=1S/C28H42N4O5/c1-7-9-13-20(18-25(34)37-28(3,4)5)30-26-21(17-19-12-10-11-14-23(19)35-6)22(31-27(29)32-26)15-16-24(33)36-8-2/h10-12,14,20H,7-9,13,15-18H2,1-6H3,(H3,29,30,31,32). The normalized spacial score (nSPS) is 12.1. The molecule has 1 aromatic carbocycles. The third kappa shape index (κ3) is 10.3. The molecule has 9 nitrogen and oxygen atoms in total. The molecule has 0 bridgehead atoms. The number of para-hydroxylation sites is 1. The van der Waals surface area contributed by atoms with E-state index in [4.69, 9.17) is 19.9 Å². The van der Waals surface area contributed by atoms with Crippen LogP contribution in [0.3, 0.4) is 0 Å². The number of methoxy groups -OCH3 is 1. The van der Waals surface area contributed by atoms with Gasteiger partial charge in [0.1, 0.15) is 17.2 Å². The molecule has 37 heavy (non-hydrogen) atoms. The largest absolute Gasteiger partial charge is 0.496 e. The second kappa shape index (κ2) is 14.4. The maximum Gasteiger partial charge on any atom is 0.308 e. The molecule has 0 aliphatic rings. The molecule has 1 atom stereocenters. The van der Waals surface area contributed by atoms with Gasteiger partial charge in [0.15, 0.2) is 0 Å². The number of ether oxygens (including phenoxy) is 3. The highest BCUT2D eigenvalue weighted by Gasteiger charge is 2.23. The van der Waals surface area contributed by atoms with Gasteiger partial charge in [-0.15, -0.1) is 0 Å². The van der Waals surface area contributed by atoms with Crippen LogP contribution in [0.2, 0.25) is 0 Å². The van der Waals surface area contributed by atoms with Gasteiger partial charge in [-0.05, 0) is 45.7 Å². The second-order valence-electron chi connectivity index (χ2n) is 9.92. The Hall–Kier alpha value is -3.36. The molecule has 204 valence electrons. The van der Waals surface area contributed by atoms with Crippen LogP contribution in [0.25, 0.3) is 0 Å². The van der Waals surface area contributed by atoms with Gasteiger partial charge in [0, 0.05) is 24.4 Å². The Labute approximate surface area is 220 Å². The minimum absolute atomic E-state index is 0.0941. The highest BCUT2D eigenvalue weighted by molar-refractivity contribution is 5.71. The van der Waals surface area contributed by atoms with Crippen LogP contribution in [0, 0.1) is 0 Å². The molecule has 0 aliphatic heterocycles. The zero-order chi connectivity index (χ0) is 27.4. The molecule has 0 amide bonds. The van der Waals surface area contributed by atoms with E-state index in [0.29, 0.717) is 31.0 Å². The molecule has 2 aromatic rings. The SMILES string of the molecule is CCCCC(CC(=O)OC(C)(C)C)Nc1nc(N)nc(CCC(=O)OCC)c1Cc1ccccc1OC. The second-order valence-corrected chi connectivity index (χ2v) is 9.92. The molecule has 0 fully saturated rings. The van der Waals surface area contributed by atoms with Crippen molar-refractivity contribution in [2.45, 2.75) is 91.2 Å². The molecule has 0 radical (unpaired) electrons. The maximum atomic E-state index is 12.7. The lowest BCUT2D eigenvalue weighted by Gasteiger charge is -2.25. The number of unbranched alkanes of at least 4 members (excludes halogenated alkanes) is 1. The third-order valence-electron chi connectivity index (χ3n) is 5.62. The predicted molar refractivity (Wildman–Crippen MR) is 145 cm³/mol. The molecular weight excluding hydrogens is 472 g/mol. The zero-order valence-electron chi connectivity index (χ0n) is 23.1. The number of benzene rings is 1. The predicted octanol–water partition coefficient (Wildman–Crippen LogP) is 4.86. The quantitative estimate of drug-likeness (QED) is 0.340. The molecule has 1 heterocycles. The maximum absolute atomic E-state index is 12.7. The van der Waals surface area contributed by atoms with E-state index in [1.807, 2.05) is 45.0 Å². The van der Waals surface area contributed by atoms with Crippen LogP contribution in [0.15, 0.2) is 24.3 Å². The van der Waals surface area contributed by atoms with Crippen molar-refractivity contribution in [3.05, 3.63) is 41.1 Å². The molecular formula is C28H42N4O5. The summed E-state index contributed by atoms with van der Waals surface area (Å²) in [7, 11) is 1.63. The number of nitrogen functional groups attached to an aromatic ring is 1. The number of rotatable bonds is 14. The van der Waals surface area contributed by atoms with Crippen molar-refractivity contribution < 1.29 is 23.8 Å². The first-order valence-corrected chi connectivity index (χ1v) is 13.0. The molecule has 0 aliphatic carbocycles. The molecule has 2 rings (SSSR count).